The van der Waals surface area contributed by atoms with Crippen molar-refractivity contribution in [1.29, 1.82) is 0 Å². The molecule has 1 aliphatic heterocycles. The number of nitrogens with zero attached hydrogens (tertiary/aromatic N) is 3. The molecule has 0 radical (unpaired) electrons. The predicted octanol–water partition coefficient (Wildman–Crippen LogP) is 2.02. The Kier molecular flexibility index (Phi) is 4.43. The molecule has 1 unspecified atom stereocenters. The second-order valence-electron chi connectivity index (χ2n) is 5.40. The first-order chi connectivity index (χ1) is 9.82. The molecule has 114 valence electrons. The minimum Gasteiger partial charge on any atom is -0.390 e. The topological polar surface area (TPSA) is 96.6 Å². The zero-order valence-corrected chi connectivity index (χ0v) is 12.3. The molecule has 1 saturated heterocycles. The molecule has 1 aromatic heterocycles. The number of nitro groups is 1. The van der Waals surface area contributed by atoms with Gasteiger partial charge in [0.05, 0.1) is 10.5 Å². The minimum absolute atomic E-state index is 0.0680. The zero-order valence-electron chi connectivity index (χ0n) is 11.6. The Bertz CT molecular complexity index is 577. The highest BCUT2D eigenvalue weighted by Gasteiger charge is 2.31. The minimum atomic E-state index is -0.809. The lowest BCUT2D eigenvalue weighted by Crippen LogP contribution is -2.34. The molecule has 8 heteroatoms. The highest BCUT2D eigenvalue weighted by Crippen LogP contribution is 2.28. The van der Waals surface area contributed by atoms with Gasteiger partial charge < -0.3 is 10.0 Å². The van der Waals surface area contributed by atoms with E-state index in [9.17, 15) is 20.0 Å². The number of pyridine rings is 1. The number of halogens is 1. The van der Waals surface area contributed by atoms with Gasteiger partial charge in [0.25, 0.3) is 5.91 Å². The van der Waals surface area contributed by atoms with Crippen LogP contribution in [-0.4, -0.2) is 44.5 Å². The number of carbonyl (C=O) groups excluding carboxylic acids is 1. The zero-order chi connectivity index (χ0) is 15.6. The van der Waals surface area contributed by atoms with Crippen LogP contribution in [0.2, 0.25) is 5.15 Å². The van der Waals surface area contributed by atoms with E-state index in [1.807, 2.05) is 0 Å². The van der Waals surface area contributed by atoms with Crippen molar-refractivity contribution in [1.82, 2.24) is 9.88 Å². The summed E-state index contributed by atoms with van der Waals surface area (Å²) in [4.78, 5) is 28.0. The van der Waals surface area contributed by atoms with Crippen molar-refractivity contribution >= 4 is 23.2 Å². The molecule has 0 aromatic carbocycles. The van der Waals surface area contributed by atoms with E-state index >= 15 is 0 Å². The van der Waals surface area contributed by atoms with Crippen LogP contribution in [0.3, 0.4) is 0 Å². The number of amides is 1. The lowest BCUT2D eigenvalue weighted by molar-refractivity contribution is -0.385. The SMILES string of the molecule is CC1(O)CCCN(C(=O)c2ccnc(Cl)c2[N+](=O)[O-])CC1. The second kappa shape index (κ2) is 5.95. The molecule has 1 atom stereocenters. The van der Waals surface area contributed by atoms with Crippen molar-refractivity contribution in [2.75, 3.05) is 13.1 Å². The quantitative estimate of drug-likeness (QED) is 0.512. The number of hydrogen-bond acceptors (Lipinski definition) is 5. The monoisotopic (exact) mass is 313 g/mol. The van der Waals surface area contributed by atoms with Crippen LogP contribution in [0.25, 0.3) is 0 Å². The number of rotatable bonds is 2. The van der Waals surface area contributed by atoms with Crippen LogP contribution in [0.5, 0.6) is 0 Å². The number of aromatic nitrogens is 1. The van der Waals surface area contributed by atoms with Crippen LogP contribution >= 0.6 is 11.6 Å². The molecule has 7 nitrogen and oxygen atoms in total. The molecule has 0 saturated carbocycles. The molecule has 1 N–H and O–H groups in total. The first kappa shape index (κ1) is 15.7. The normalized spacial score (nSPS) is 22.7. The number of carbonyl (C=O) groups is 1. The van der Waals surface area contributed by atoms with Gasteiger partial charge in [-0.05, 0) is 32.3 Å². The fraction of sp³-hybridized carbons (Fsp3) is 0.538. The fourth-order valence-corrected chi connectivity index (χ4v) is 2.64. The highest BCUT2D eigenvalue weighted by molar-refractivity contribution is 6.32. The van der Waals surface area contributed by atoms with Gasteiger partial charge in [-0.3, -0.25) is 14.9 Å². The maximum Gasteiger partial charge on any atom is 0.319 e. The molecule has 2 heterocycles. The molecular formula is C13H16ClN3O4. The molecule has 1 aliphatic rings. The number of hydrogen-bond donors (Lipinski definition) is 1. The molecule has 1 aromatic rings. The van der Waals surface area contributed by atoms with E-state index in [0.29, 0.717) is 32.4 Å². The third-order valence-electron chi connectivity index (χ3n) is 3.64. The van der Waals surface area contributed by atoms with Crippen molar-refractivity contribution in [3.8, 4) is 0 Å². The van der Waals surface area contributed by atoms with E-state index < -0.39 is 22.1 Å². The van der Waals surface area contributed by atoms with E-state index in [0.717, 1.165) is 0 Å². The van der Waals surface area contributed by atoms with E-state index in [4.69, 9.17) is 11.6 Å². The van der Waals surface area contributed by atoms with E-state index in [2.05, 4.69) is 4.98 Å². The first-order valence-corrected chi connectivity index (χ1v) is 7.00. The van der Waals surface area contributed by atoms with Gasteiger partial charge in [0.2, 0.25) is 5.15 Å². The van der Waals surface area contributed by atoms with Crippen LogP contribution in [0.1, 0.15) is 36.5 Å². The Morgan fingerprint density at radius 1 is 1.52 bits per heavy atom. The van der Waals surface area contributed by atoms with E-state index in [1.54, 1.807) is 6.92 Å². The van der Waals surface area contributed by atoms with Crippen molar-refractivity contribution in [3.63, 3.8) is 0 Å². The van der Waals surface area contributed by atoms with Gasteiger partial charge in [0.15, 0.2) is 0 Å². The fourth-order valence-electron chi connectivity index (χ4n) is 2.41. The molecule has 21 heavy (non-hydrogen) atoms. The van der Waals surface area contributed by atoms with Crippen LogP contribution < -0.4 is 0 Å². The highest BCUT2D eigenvalue weighted by atomic mass is 35.5. The van der Waals surface area contributed by atoms with Gasteiger partial charge >= 0.3 is 5.69 Å². The maximum atomic E-state index is 12.5. The summed E-state index contributed by atoms with van der Waals surface area (Å²) in [6, 6.07) is 1.30. The summed E-state index contributed by atoms with van der Waals surface area (Å²) in [6.45, 7) is 2.53. The summed E-state index contributed by atoms with van der Waals surface area (Å²) >= 11 is 5.72. The maximum absolute atomic E-state index is 12.5. The second-order valence-corrected chi connectivity index (χ2v) is 5.76. The Morgan fingerprint density at radius 3 is 2.90 bits per heavy atom. The van der Waals surface area contributed by atoms with Gasteiger partial charge in [-0.25, -0.2) is 4.98 Å². The van der Waals surface area contributed by atoms with Gasteiger partial charge in [0.1, 0.15) is 5.56 Å². The molecule has 2 rings (SSSR count). The summed E-state index contributed by atoms with van der Waals surface area (Å²) in [5, 5.41) is 20.8. The average molecular weight is 314 g/mol. The van der Waals surface area contributed by atoms with Crippen LogP contribution in [0.15, 0.2) is 12.3 Å². The van der Waals surface area contributed by atoms with Crippen molar-refractivity contribution in [2.45, 2.75) is 31.8 Å². The van der Waals surface area contributed by atoms with Crippen LogP contribution in [0, 0.1) is 10.1 Å². The van der Waals surface area contributed by atoms with Gasteiger partial charge in [-0.2, -0.15) is 0 Å². The molecule has 0 bridgehead atoms. The molecule has 1 fully saturated rings. The van der Waals surface area contributed by atoms with E-state index in [1.165, 1.54) is 17.2 Å². The Labute approximate surface area is 126 Å². The number of likely N-dealkylation sites (tertiary alicyclic amines) is 1. The smallest absolute Gasteiger partial charge is 0.319 e. The van der Waals surface area contributed by atoms with Crippen molar-refractivity contribution in [2.24, 2.45) is 0 Å². The third kappa shape index (κ3) is 3.48. The summed E-state index contributed by atoms with van der Waals surface area (Å²) in [5.74, 6) is -0.455. The summed E-state index contributed by atoms with van der Waals surface area (Å²) < 4.78 is 0. The standard InChI is InChI=1S/C13H16ClN3O4/c1-13(19)4-2-7-16(8-5-13)12(18)9-3-6-15-11(14)10(9)17(20)21/h3,6,19H,2,4-5,7-8H2,1H3. The van der Waals surface area contributed by atoms with E-state index in [-0.39, 0.29) is 10.7 Å². The Balaban J connectivity index is 2.28. The average Bonchev–Trinajstić information content (AvgIpc) is 2.58. The Hall–Kier alpha value is -1.73. The predicted molar refractivity (Wildman–Crippen MR) is 76.3 cm³/mol. The summed E-state index contributed by atoms with van der Waals surface area (Å²) in [6.07, 6.45) is 2.95. The lowest BCUT2D eigenvalue weighted by atomic mass is 9.98. The van der Waals surface area contributed by atoms with Gasteiger partial charge in [-0.1, -0.05) is 11.6 Å². The van der Waals surface area contributed by atoms with Gasteiger partial charge in [0, 0.05) is 19.3 Å². The Morgan fingerprint density at radius 2 is 2.24 bits per heavy atom. The largest absolute Gasteiger partial charge is 0.390 e. The lowest BCUT2D eigenvalue weighted by Gasteiger charge is -2.22. The van der Waals surface area contributed by atoms with Gasteiger partial charge in [-0.15, -0.1) is 0 Å². The summed E-state index contributed by atoms with van der Waals surface area (Å²) in [7, 11) is 0. The van der Waals surface area contributed by atoms with Crippen LogP contribution in [-0.2, 0) is 0 Å². The van der Waals surface area contributed by atoms with Crippen molar-refractivity contribution < 1.29 is 14.8 Å². The number of aliphatic hydroxyl groups is 1. The third-order valence-corrected chi connectivity index (χ3v) is 3.92. The summed E-state index contributed by atoms with van der Waals surface area (Å²) in [5.41, 5.74) is -1.35. The molecule has 1 amide bonds. The van der Waals surface area contributed by atoms with Crippen LogP contribution in [0.4, 0.5) is 5.69 Å². The molecule has 0 aliphatic carbocycles. The molecule has 0 spiro atoms. The first-order valence-electron chi connectivity index (χ1n) is 6.62. The molecular weight excluding hydrogens is 298 g/mol. The van der Waals surface area contributed by atoms with Crippen molar-refractivity contribution in [3.05, 3.63) is 33.1 Å².